The standard InChI is InChI=1S/C9H11IN4O/c1-6-7(10)4-3-5-8(6)14-9(15)13(2)11-12-14/h3-5,11-12H,1-2H3. The average Bonchev–Trinajstić information content (AvgIpc) is 2.53. The van der Waals surface area contributed by atoms with Crippen LogP contribution in [0, 0.1) is 10.5 Å². The third-order valence-electron chi connectivity index (χ3n) is 2.29. The second-order valence-corrected chi connectivity index (χ2v) is 4.45. The van der Waals surface area contributed by atoms with Crippen molar-refractivity contribution >= 4 is 34.3 Å². The first-order valence-corrected chi connectivity index (χ1v) is 5.53. The fourth-order valence-electron chi connectivity index (χ4n) is 1.37. The molecular formula is C9H11IN4O. The molecule has 1 aliphatic heterocycles. The van der Waals surface area contributed by atoms with E-state index in [0.717, 1.165) is 14.8 Å². The summed E-state index contributed by atoms with van der Waals surface area (Å²) in [5, 5.41) is 2.87. The minimum absolute atomic E-state index is 0.125. The van der Waals surface area contributed by atoms with Crippen molar-refractivity contribution in [2.24, 2.45) is 0 Å². The minimum atomic E-state index is -0.125. The van der Waals surface area contributed by atoms with E-state index < -0.39 is 0 Å². The normalized spacial score (nSPS) is 16.3. The van der Waals surface area contributed by atoms with Gasteiger partial charge in [-0.3, -0.25) is 0 Å². The van der Waals surface area contributed by atoms with Crippen molar-refractivity contribution < 1.29 is 4.79 Å². The lowest BCUT2D eigenvalue weighted by molar-refractivity contribution is 0.214. The number of benzene rings is 1. The molecule has 0 unspecified atom stereocenters. The number of carbonyl (C=O) groups is 1. The molecular weight excluding hydrogens is 307 g/mol. The fraction of sp³-hybridized carbons (Fsp3) is 0.222. The van der Waals surface area contributed by atoms with E-state index >= 15 is 0 Å². The van der Waals surface area contributed by atoms with Crippen LogP contribution in [0.25, 0.3) is 0 Å². The zero-order valence-electron chi connectivity index (χ0n) is 8.41. The van der Waals surface area contributed by atoms with Crippen molar-refractivity contribution in [1.29, 1.82) is 0 Å². The van der Waals surface area contributed by atoms with E-state index in [1.165, 1.54) is 10.0 Å². The van der Waals surface area contributed by atoms with Crippen LogP contribution < -0.4 is 16.1 Å². The molecule has 0 atom stereocenters. The molecule has 0 bridgehead atoms. The SMILES string of the molecule is Cc1c(I)cccc1N1NNN(C)C1=O. The van der Waals surface area contributed by atoms with Crippen molar-refractivity contribution in [2.45, 2.75) is 6.92 Å². The number of carbonyl (C=O) groups excluding carboxylic acids is 1. The Morgan fingerprint density at radius 2 is 2.07 bits per heavy atom. The number of nitrogens with one attached hydrogen (secondary N) is 2. The number of hydrazine groups is 3. The molecule has 80 valence electrons. The first kappa shape index (κ1) is 10.7. The first-order chi connectivity index (χ1) is 7.11. The highest BCUT2D eigenvalue weighted by Gasteiger charge is 2.27. The number of hydrogen-bond donors (Lipinski definition) is 2. The molecule has 0 aliphatic carbocycles. The Kier molecular flexibility index (Phi) is 2.81. The average molecular weight is 318 g/mol. The molecule has 1 heterocycles. The Labute approximate surface area is 101 Å². The van der Waals surface area contributed by atoms with Crippen LogP contribution in [0.1, 0.15) is 5.56 Å². The summed E-state index contributed by atoms with van der Waals surface area (Å²) >= 11 is 2.25. The van der Waals surface area contributed by atoms with Crippen LogP contribution >= 0.6 is 22.6 Å². The third-order valence-corrected chi connectivity index (χ3v) is 3.46. The number of nitrogens with zero attached hydrogens (tertiary/aromatic N) is 2. The lowest BCUT2D eigenvalue weighted by Crippen LogP contribution is -2.38. The predicted molar refractivity (Wildman–Crippen MR) is 65.8 cm³/mol. The Morgan fingerprint density at radius 3 is 2.67 bits per heavy atom. The molecule has 1 aromatic carbocycles. The molecule has 0 aromatic heterocycles. The Balaban J connectivity index is 2.38. The van der Waals surface area contributed by atoms with Crippen LogP contribution in [-0.2, 0) is 0 Å². The highest BCUT2D eigenvalue weighted by atomic mass is 127. The Morgan fingerprint density at radius 1 is 1.33 bits per heavy atom. The number of amides is 2. The Hall–Kier alpha value is -0.860. The van der Waals surface area contributed by atoms with Gasteiger partial charge < -0.3 is 0 Å². The molecule has 0 spiro atoms. The van der Waals surface area contributed by atoms with Gasteiger partial charge in [-0.2, -0.15) is 0 Å². The highest BCUT2D eigenvalue weighted by molar-refractivity contribution is 14.1. The van der Waals surface area contributed by atoms with Gasteiger partial charge in [-0.1, -0.05) is 6.07 Å². The predicted octanol–water partition coefficient (Wildman–Crippen LogP) is 1.40. The molecule has 2 rings (SSSR count). The van der Waals surface area contributed by atoms with Gasteiger partial charge in [-0.15, -0.1) is 11.1 Å². The third kappa shape index (κ3) is 1.80. The second kappa shape index (κ2) is 3.95. The first-order valence-electron chi connectivity index (χ1n) is 4.45. The monoisotopic (exact) mass is 318 g/mol. The molecule has 5 nitrogen and oxygen atoms in total. The molecule has 1 fully saturated rings. The van der Waals surface area contributed by atoms with Gasteiger partial charge in [0.1, 0.15) is 0 Å². The van der Waals surface area contributed by atoms with Crippen molar-refractivity contribution in [2.75, 3.05) is 12.1 Å². The summed E-state index contributed by atoms with van der Waals surface area (Å²) in [5.74, 6) is 0. The van der Waals surface area contributed by atoms with Gasteiger partial charge in [-0.25, -0.2) is 14.8 Å². The maximum Gasteiger partial charge on any atom is 0.355 e. The smallest absolute Gasteiger partial charge is 0.246 e. The van der Waals surface area contributed by atoms with E-state index in [-0.39, 0.29) is 6.03 Å². The zero-order valence-corrected chi connectivity index (χ0v) is 10.6. The number of rotatable bonds is 1. The van der Waals surface area contributed by atoms with E-state index in [4.69, 9.17) is 0 Å². The summed E-state index contributed by atoms with van der Waals surface area (Å²) in [5.41, 5.74) is 7.46. The van der Waals surface area contributed by atoms with Gasteiger partial charge in [0, 0.05) is 10.6 Å². The van der Waals surface area contributed by atoms with Crippen molar-refractivity contribution in [1.82, 2.24) is 16.1 Å². The second-order valence-electron chi connectivity index (χ2n) is 3.28. The molecule has 0 saturated carbocycles. The minimum Gasteiger partial charge on any atom is -0.246 e. The molecule has 2 N–H and O–H groups in total. The molecule has 1 saturated heterocycles. The summed E-state index contributed by atoms with van der Waals surface area (Å²) in [7, 11) is 1.67. The lowest BCUT2D eigenvalue weighted by Gasteiger charge is -2.16. The van der Waals surface area contributed by atoms with E-state index in [1.54, 1.807) is 7.05 Å². The molecule has 1 aliphatic rings. The van der Waals surface area contributed by atoms with Gasteiger partial charge in [0.05, 0.1) is 5.69 Å². The number of urea groups is 1. The van der Waals surface area contributed by atoms with Crippen LogP contribution in [0.15, 0.2) is 18.2 Å². The van der Waals surface area contributed by atoms with E-state index in [9.17, 15) is 4.79 Å². The van der Waals surface area contributed by atoms with Crippen LogP contribution in [0.4, 0.5) is 10.5 Å². The molecule has 15 heavy (non-hydrogen) atoms. The van der Waals surface area contributed by atoms with E-state index in [0.29, 0.717) is 0 Å². The maximum atomic E-state index is 11.7. The quantitative estimate of drug-likeness (QED) is 0.770. The largest absolute Gasteiger partial charge is 0.355 e. The molecule has 0 radical (unpaired) electrons. The van der Waals surface area contributed by atoms with Gasteiger partial charge in [0.15, 0.2) is 0 Å². The fourth-order valence-corrected chi connectivity index (χ4v) is 1.86. The molecule has 2 amide bonds. The van der Waals surface area contributed by atoms with Crippen molar-refractivity contribution in [3.8, 4) is 0 Å². The van der Waals surface area contributed by atoms with Crippen molar-refractivity contribution in [3.05, 3.63) is 27.3 Å². The highest BCUT2D eigenvalue weighted by Crippen LogP contribution is 2.24. The van der Waals surface area contributed by atoms with Gasteiger partial charge in [0.2, 0.25) is 0 Å². The molecule has 6 heteroatoms. The summed E-state index contributed by atoms with van der Waals surface area (Å²) in [6, 6.07) is 5.72. The number of anilines is 1. The number of hydrogen-bond acceptors (Lipinski definition) is 3. The van der Waals surface area contributed by atoms with Gasteiger partial charge in [0.25, 0.3) is 0 Å². The van der Waals surface area contributed by atoms with Crippen molar-refractivity contribution in [3.63, 3.8) is 0 Å². The summed E-state index contributed by atoms with van der Waals surface area (Å²) in [6.07, 6.45) is 0. The molecule has 1 aromatic rings. The summed E-state index contributed by atoms with van der Waals surface area (Å²) < 4.78 is 1.13. The summed E-state index contributed by atoms with van der Waals surface area (Å²) in [4.78, 5) is 11.7. The number of halogens is 1. The van der Waals surface area contributed by atoms with E-state index in [2.05, 4.69) is 33.7 Å². The van der Waals surface area contributed by atoms with Crippen LogP contribution in [-0.4, -0.2) is 18.1 Å². The zero-order chi connectivity index (χ0) is 11.0. The Bertz CT molecular complexity index is 409. The van der Waals surface area contributed by atoms with Crippen LogP contribution in [0.5, 0.6) is 0 Å². The maximum absolute atomic E-state index is 11.7. The summed E-state index contributed by atoms with van der Waals surface area (Å²) in [6.45, 7) is 1.99. The van der Waals surface area contributed by atoms with Gasteiger partial charge in [-0.05, 0) is 47.2 Å². The van der Waals surface area contributed by atoms with Crippen LogP contribution in [0.3, 0.4) is 0 Å². The lowest BCUT2D eigenvalue weighted by atomic mass is 10.2. The topological polar surface area (TPSA) is 47.6 Å². The van der Waals surface area contributed by atoms with Gasteiger partial charge >= 0.3 is 6.03 Å². The van der Waals surface area contributed by atoms with Crippen LogP contribution in [0.2, 0.25) is 0 Å². The van der Waals surface area contributed by atoms with E-state index in [1.807, 2.05) is 25.1 Å².